The van der Waals surface area contributed by atoms with E-state index in [9.17, 15) is 9.18 Å². The number of carbonyl (C=O) groups excluding carboxylic acids is 1. The number of carbonyl (C=O) groups is 1. The van der Waals surface area contributed by atoms with Gasteiger partial charge in [-0.05, 0) is 41.8 Å². The lowest BCUT2D eigenvalue weighted by molar-refractivity contribution is 0.0948. The van der Waals surface area contributed by atoms with E-state index in [0.717, 1.165) is 17.0 Å². The van der Waals surface area contributed by atoms with Crippen LogP contribution in [0.25, 0.3) is 17.1 Å². The maximum absolute atomic E-state index is 14.9. The van der Waals surface area contributed by atoms with Gasteiger partial charge in [-0.2, -0.15) is 0 Å². The zero-order valence-electron chi connectivity index (χ0n) is 23.0. The van der Waals surface area contributed by atoms with Gasteiger partial charge < -0.3 is 5.32 Å². The van der Waals surface area contributed by atoms with Crippen LogP contribution in [0.15, 0.2) is 120 Å². The zero-order chi connectivity index (χ0) is 29.4. The minimum absolute atomic E-state index is 0.174. The number of benzene rings is 3. The minimum Gasteiger partial charge on any atom is -0.351 e. The lowest BCUT2D eigenvalue weighted by Gasteiger charge is -2.18. The predicted molar refractivity (Wildman–Crippen MR) is 168 cm³/mol. The van der Waals surface area contributed by atoms with Crippen LogP contribution in [0.1, 0.15) is 39.0 Å². The van der Waals surface area contributed by atoms with Gasteiger partial charge in [-0.3, -0.25) is 14.3 Å². The predicted octanol–water partition coefficient (Wildman–Crippen LogP) is 7.17. The maximum atomic E-state index is 14.9. The molecule has 7 nitrogen and oxygen atoms in total. The molecule has 0 aliphatic rings. The van der Waals surface area contributed by atoms with E-state index in [4.69, 9.17) is 0 Å². The molecule has 1 N–H and O–H groups in total. The number of aromatic nitrogens is 5. The van der Waals surface area contributed by atoms with Crippen molar-refractivity contribution in [2.24, 2.45) is 0 Å². The van der Waals surface area contributed by atoms with Gasteiger partial charge in [0.15, 0.2) is 11.0 Å². The molecule has 10 heteroatoms. The Kier molecular flexibility index (Phi) is 8.96. The first-order valence-corrected chi connectivity index (χ1v) is 15.6. The zero-order valence-corrected chi connectivity index (χ0v) is 24.6. The molecule has 214 valence electrons. The highest BCUT2D eigenvalue weighted by molar-refractivity contribution is 7.98. The van der Waals surface area contributed by atoms with E-state index in [0.29, 0.717) is 34.7 Å². The van der Waals surface area contributed by atoms with E-state index >= 15 is 0 Å². The molecule has 3 aromatic carbocycles. The number of rotatable bonds is 11. The largest absolute Gasteiger partial charge is 0.351 e. The lowest BCUT2D eigenvalue weighted by Crippen LogP contribution is -2.26. The molecule has 0 atom stereocenters. The number of thiazole rings is 1. The molecule has 3 heterocycles. The second-order valence-corrected chi connectivity index (χ2v) is 11.6. The summed E-state index contributed by atoms with van der Waals surface area (Å²) in [7, 11) is 0. The van der Waals surface area contributed by atoms with Crippen LogP contribution in [0.3, 0.4) is 0 Å². The van der Waals surface area contributed by atoms with Gasteiger partial charge in [0.2, 0.25) is 0 Å². The molecule has 3 aromatic heterocycles. The first-order valence-electron chi connectivity index (χ1n) is 13.7. The normalized spacial score (nSPS) is 11.1. The summed E-state index contributed by atoms with van der Waals surface area (Å²) in [5.41, 5.74) is 3.87. The van der Waals surface area contributed by atoms with Gasteiger partial charge in [-0.15, -0.1) is 21.5 Å². The van der Waals surface area contributed by atoms with Crippen LogP contribution >= 0.6 is 23.1 Å². The Morgan fingerprint density at radius 2 is 1.63 bits per heavy atom. The van der Waals surface area contributed by atoms with Crippen molar-refractivity contribution in [3.63, 3.8) is 0 Å². The number of nitrogens with one attached hydrogen (secondary N) is 1. The quantitative estimate of drug-likeness (QED) is 0.157. The molecular formula is C33H27FN6OS2. The third kappa shape index (κ3) is 6.71. The van der Waals surface area contributed by atoms with E-state index in [2.05, 4.69) is 49.7 Å². The first kappa shape index (κ1) is 28.4. The summed E-state index contributed by atoms with van der Waals surface area (Å²) < 4.78 is 16.6. The highest BCUT2D eigenvalue weighted by atomic mass is 32.2. The van der Waals surface area contributed by atoms with Gasteiger partial charge in [-0.25, -0.2) is 9.37 Å². The van der Waals surface area contributed by atoms with E-state index in [1.165, 1.54) is 40.3 Å². The van der Waals surface area contributed by atoms with Crippen LogP contribution in [0, 0.1) is 5.82 Å². The molecule has 0 aliphatic heterocycles. The number of pyridine rings is 1. The number of halogens is 1. The number of hydrogen-bond acceptors (Lipinski definition) is 7. The lowest BCUT2D eigenvalue weighted by atomic mass is 9.88. The van der Waals surface area contributed by atoms with Crippen LogP contribution < -0.4 is 5.32 Å². The van der Waals surface area contributed by atoms with Gasteiger partial charge in [0.05, 0.1) is 11.4 Å². The molecule has 43 heavy (non-hydrogen) atoms. The maximum Gasteiger partial charge on any atom is 0.270 e. The number of para-hydroxylation sites is 1. The van der Waals surface area contributed by atoms with Crippen LogP contribution in [0.5, 0.6) is 0 Å². The molecule has 0 saturated heterocycles. The minimum atomic E-state index is -0.385. The molecular weight excluding hydrogens is 580 g/mol. The van der Waals surface area contributed by atoms with Gasteiger partial charge >= 0.3 is 0 Å². The molecule has 6 aromatic rings. The Balaban J connectivity index is 1.12. The smallest absolute Gasteiger partial charge is 0.270 e. The number of nitrogens with zero attached hydrogens (tertiary/aromatic N) is 5. The highest BCUT2D eigenvalue weighted by Crippen LogP contribution is 2.31. The highest BCUT2D eigenvalue weighted by Gasteiger charge is 2.20. The molecule has 0 aliphatic carbocycles. The van der Waals surface area contributed by atoms with Crippen LogP contribution in [0.2, 0.25) is 0 Å². The fraction of sp³-hybridized carbons (Fsp3) is 0.121. The summed E-state index contributed by atoms with van der Waals surface area (Å²) in [5, 5.41) is 14.8. The second kappa shape index (κ2) is 13.5. The van der Waals surface area contributed by atoms with E-state index in [1.807, 2.05) is 42.5 Å². The van der Waals surface area contributed by atoms with E-state index < -0.39 is 0 Å². The van der Waals surface area contributed by atoms with Gasteiger partial charge in [0.1, 0.15) is 16.5 Å². The third-order valence-electron chi connectivity index (χ3n) is 6.88. The molecule has 0 fully saturated rings. The summed E-state index contributed by atoms with van der Waals surface area (Å²) >= 11 is 2.78. The fourth-order valence-corrected chi connectivity index (χ4v) is 6.56. The number of hydrogen-bond donors (Lipinski definition) is 1. The average molecular weight is 607 g/mol. The summed E-state index contributed by atoms with van der Waals surface area (Å²) in [5.74, 6) is 0.518. The third-order valence-corrected chi connectivity index (χ3v) is 8.85. The Morgan fingerprint density at radius 3 is 2.33 bits per heavy atom. The van der Waals surface area contributed by atoms with E-state index in [-0.39, 0.29) is 17.6 Å². The standard InChI is InChI=1S/C33H27FN6OS2/c34-27-15-7-8-16-29(27)40-31(25-14-9-18-35-20-25)38-39-33(40)43-22-30-37-28(21-42-30)32(41)36-19-17-26(23-10-3-1-4-11-23)24-12-5-2-6-13-24/h1-16,18,20-21,26H,17,19,22H2,(H,36,41). The van der Waals surface area contributed by atoms with Crippen molar-refractivity contribution in [2.45, 2.75) is 23.2 Å². The summed E-state index contributed by atoms with van der Waals surface area (Å²) in [4.78, 5) is 21.7. The van der Waals surface area contributed by atoms with Crippen LogP contribution in [-0.4, -0.2) is 37.2 Å². The Labute approximate surface area is 256 Å². The van der Waals surface area contributed by atoms with Crippen molar-refractivity contribution in [1.29, 1.82) is 0 Å². The van der Waals surface area contributed by atoms with Gasteiger partial charge in [0, 0.05) is 35.8 Å². The molecule has 1 amide bonds. The molecule has 0 unspecified atom stereocenters. The van der Waals surface area contributed by atoms with Crippen LogP contribution in [-0.2, 0) is 5.75 Å². The Morgan fingerprint density at radius 1 is 0.907 bits per heavy atom. The van der Waals surface area contributed by atoms with E-state index in [1.54, 1.807) is 46.6 Å². The molecule has 0 spiro atoms. The molecule has 6 rings (SSSR count). The van der Waals surface area contributed by atoms with Crippen molar-refractivity contribution < 1.29 is 9.18 Å². The first-order chi connectivity index (χ1) is 21.2. The van der Waals surface area contributed by atoms with Gasteiger partial charge in [0.25, 0.3) is 5.91 Å². The number of thioether (sulfide) groups is 1. The second-order valence-electron chi connectivity index (χ2n) is 9.67. The Bertz CT molecular complexity index is 1760. The monoisotopic (exact) mass is 606 g/mol. The van der Waals surface area contributed by atoms with Crippen molar-refractivity contribution >= 4 is 29.0 Å². The fourth-order valence-electron chi connectivity index (χ4n) is 4.82. The molecule has 0 radical (unpaired) electrons. The van der Waals surface area contributed by atoms with Crippen molar-refractivity contribution in [2.75, 3.05) is 6.54 Å². The topological polar surface area (TPSA) is 85.6 Å². The molecule has 0 saturated carbocycles. The summed E-state index contributed by atoms with van der Waals surface area (Å²) in [6.07, 6.45) is 4.10. The average Bonchev–Trinajstić information content (AvgIpc) is 3.71. The SMILES string of the molecule is O=C(NCCC(c1ccccc1)c1ccccc1)c1csc(CSc2nnc(-c3cccnc3)n2-c2ccccc2F)n1. The summed E-state index contributed by atoms with van der Waals surface area (Å²) in [6, 6.07) is 30.8. The van der Waals surface area contributed by atoms with Crippen molar-refractivity contribution in [3.8, 4) is 17.1 Å². The summed E-state index contributed by atoms with van der Waals surface area (Å²) in [6.45, 7) is 0.512. The van der Waals surface area contributed by atoms with Crippen molar-refractivity contribution in [3.05, 3.63) is 142 Å². The molecule has 0 bridgehead atoms. The van der Waals surface area contributed by atoms with Gasteiger partial charge in [-0.1, -0.05) is 84.6 Å². The number of amides is 1. The van der Waals surface area contributed by atoms with Crippen LogP contribution in [0.4, 0.5) is 4.39 Å². The Hall–Kier alpha value is -4.67. The van der Waals surface area contributed by atoms with Crippen molar-refractivity contribution in [1.82, 2.24) is 30.0 Å².